The largest absolute Gasteiger partial charge is 0.495 e. The molecule has 0 fully saturated rings. The topological polar surface area (TPSA) is 37.0 Å². The molecule has 106 valence electrons. The summed E-state index contributed by atoms with van der Waals surface area (Å²) in [5, 5.41) is 5.07. The van der Waals surface area contributed by atoms with Crippen LogP contribution in [-0.2, 0) is 12.8 Å². The standard InChI is InChI=1S/C16H22N2O.2H2/c1-3-4-13-9-11-5-6-14(19-2)16-15(11)12(10-18-16)7-8-17-13;;/h5-6,10,13,17-18H,3-4,7-9H2,1-2H3;2*1H. The van der Waals surface area contributed by atoms with E-state index < -0.39 is 0 Å². The number of methoxy groups -OCH3 is 1. The summed E-state index contributed by atoms with van der Waals surface area (Å²) in [6, 6.07) is 4.92. The van der Waals surface area contributed by atoms with Gasteiger partial charge in [0.05, 0.1) is 12.6 Å². The maximum absolute atomic E-state index is 5.46. The normalized spacial score (nSPS) is 19.2. The Morgan fingerprint density at radius 2 is 2.26 bits per heavy atom. The van der Waals surface area contributed by atoms with Gasteiger partial charge in [0.15, 0.2) is 0 Å². The van der Waals surface area contributed by atoms with Crippen LogP contribution in [-0.4, -0.2) is 24.7 Å². The average molecular weight is 262 g/mol. The Hall–Kier alpha value is -1.48. The number of ether oxygens (including phenoxy) is 1. The van der Waals surface area contributed by atoms with E-state index in [1.54, 1.807) is 7.11 Å². The van der Waals surface area contributed by atoms with Gasteiger partial charge in [-0.1, -0.05) is 19.4 Å². The van der Waals surface area contributed by atoms with Crippen molar-refractivity contribution in [2.75, 3.05) is 13.7 Å². The Morgan fingerprint density at radius 1 is 1.37 bits per heavy atom. The van der Waals surface area contributed by atoms with Crippen LogP contribution in [0.2, 0.25) is 0 Å². The lowest BCUT2D eigenvalue weighted by Crippen LogP contribution is -2.33. The molecule has 2 N–H and O–H groups in total. The summed E-state index contributed by atoms with van der Waals surface area (Å²) < 4.78 is 5.46. The van der Waals surface area contributed by atoms with Gasteiger partial charge in [-0.15, -0.1) is 0 Å². The maximum Gasteiger partial charge on any atom is 0.142 e. The number of H-pyrrole nitrogens is 1. The second kappa shape index (κ2) is 5.25. The lowest BCUT2D eigenvalue weighted by atomic mass is 9.94. The molecule has 19 heavy (non-hydrogen) atoms. The molecule has 0 bridgehead atoms. The highest BCUT2D eigenvalue weighted by Gasteiger charge is 2.18. The summed E-state index contributed by atoms with van der Waals surface area (Å²) in [6.07, 6.45) is 6.81. The van der Waals surface area contributed by atoms with Gasteiger partial charge in [0.1, 0.15) is 5.75 Å². The molecule has 3 rings (SSSR count). The molecule has 0 spiro atoms. The fraction of sp³-hybridized carbons (Fsp3) is 0.500. The van der Waals surface area contributed by atoms with Gasteiger partial charge in [0.25, 0.3) is 0 Å². The van der Waals surface area contributed by atoms with E-state index in [0.29, 0.717) is 6.04 Å². The second-order valence-electron chi connectivity index (χ2n) is 5.38. The highest BCUT2D eigenvalue weighted by molar-refractivity contribution is 5.91. The number of aromatic nitrogens is 1. The van der Waals surface area contributed by atoms with Crippen LogP contribution in [0.3, 0.4) is 0 Å². The molecule has 0 amide bonds. The van der Waals surface area contributed by atoms with Crippen LogP contribution in [0.1, 0.15) is 33.7 Å². The van der Waals surface area contributed by atoms with Gasteiger partial charge in [-0.3, -0.25) is 0 Å². The Morgan fingerprint density at radius 3 is 3.05 bits per heavy atom. The Balaban J connectivity index is 0.00000110. The molecule has 3 heteroatoms. The van der Waals surface area contributed by atoms with Crippen molar-refractivity contribution in [2.45, 2.75) is 38.6 Å². The molecule has 1 aliphatic heterocycles. The third-order valence-corrected chi connectivity index (χ3v) is 4.12. The smallest absolute Gasteiger partial charge is 0.142 e. The fourth-order valence-corrected chi connectivity index (χ4v) is 3.21. The zero-order valence-corrected chi connectivity index (χ0v) is 11.8. The minimum atomic E-state index is 0. The molecule has 1 aromatic carbocycles. The Bertz CT molecular complexity index is 583. The monoisotopic (exact) mass is 262 g/mol. The summed E-state index contributed by atoms with van der Waals surface area (Å²) in [5.74, 6) is 0.950. The summed E-state index contributed by atoms with van der Waals surface area (Å²) >= 11 is 0. The summed E-state index contributed by atoms with van der Waals surface area (Å²) in [4.78, 5) is 3.39. The Labute approximate surface area is 117 Å². The van der Waals surface area contributed by atoms with E-state index in [1.165, 1.54) is 29.4 Å². The van der Waals surface area contributed by atoms with E-state index in [9.17, 15) is 0 Å². The van der Waals surface area contributed by atoms with Crippen molar-refractivity contribution in [3.63, 3.8) is 0 Å². The minimum absolute atomic E-state index is 0. The molecule has 2 aromatic rings. The highest BCUT2D eigenvalue weighted by Crippen LogP contribution is 2.32. The van der Waals surface area contributed by atoms with Crippen molar-refractivity contribution in [1.82, 2.24) is 10.3 Å². The maximum atomic E-state index is 5.46. The van der Waals surface area contributed by atoms with E-state index >= 15 is 0 Å². The average Bonchev–Trinajstić information content (AvgIpc) is 2.81. The number of aromatic amines is 1. The van der Waals surface area contributed by atoms with Gasteiger partial charge < -0.3 is 15.0 Å². The third-order valence-electron chi connectivity index (χ3n) is 4.12. The molecule has 1 unspecified atom stereocenters. The summed E-state index contributed by atoms with van der Waals surface area (Å²) in [7, 11) is 1.74. The molecular weight excluding hydrogens is 236 g/mol. The predicted molar refractivity (Wildman–Crippen MR) is 83.2 cm³/mol. The molecule has 2 heterocycles. The van der Waals surface area contributed by atoms with Crippen molar-refractivity contribution in [3.05, 3.63) is 29.5 Å². The molecule has 0 saturated heterocycles. The van der Waals surface area contributed by atoms with Gasteiger partial charge in [0.2, 0.25) is 0 Å². The van der Waals surface area contributed by atoms with Gasteiger partial charge in [-0.25, -0.2) is 0 Å². The molecule has 1 aromatic heterocycles. The number of rotatable bonds is 3. The molecule has 1 atom stereocenters. The first-order valence-electron chi connectivity index (χ1n) is 7.22. The number of nitrogens with one attached hydrogen (secondary N) is 2. The Kier molecular flexibility index (Phi) is 3.47. The van der Waals surface area contributed by atoms with Crippen LogP contribution in [0.25, 0.3) is 10.9 Å². The fourth-order valence-electron chi connectivity index (χ4n) is 3.21. The van der Waals surface area contributed by atoms with E-state index in [2.05, 4.69) is 35.6 Å². The van der Waals surface area contributed by atoms with Gasteiger partial charge in [0, 0.05) is 20.5 Å². The van der Waals surface area contributed by atoms with Crippen LogP contribution in [0.5, 0.6) is 5.75 Å². The van der Waals surface area contributed by atoms with Crippen molar-refractivity contribution in [1.29, 1.82) is 0 Å². The lowest BCUT2D eigenvalue weighted by molar-refractivity contribution is 0.418. The van der Waals surface area contributed by atoms with Gasteiger partial charge in [-0.2, -0.15) is 0 Å². The third kappa shape index (κ3) is 2.23. The molecule has 0 radical (unpaired) electrons. The van der Waals surface area contributed by atoms with Crippen LogP contribution in [0.4, 0.5) is 0 Å². The second-order valence-corrected chi connectivity index (χ2v) is 5.38. The van der Waals surface area contributed by atoms with Crippen molar-refractivity contribution < 1.29 is 7.59 Å². The zero-order chi connectivity index (χ0) is 13.2. The number of hydrogen-bond acceptors (Lipinski definition) is 2. The van der Waals surface area contributed by atoms with E-state index in [0.717, 1.165) is 30.7 Å². The van der Waals surface area contributed by atoms with Crippen LogP contribution < -0.4 is 10.1 Å². The lowest BCUT2D eigenvalue weighted by Gasteiger charge is -2.22. The minimum Gasteiger partial charge on any atom is -0.495 e. The van der Waals surface area contributed by atoms with Crippen molar-refractivity contribution >= 4 is 10.9 Å². The first kappa shape index (κ1) is 12.5. The van der Waals surface area contributed by atoms with E-state index in [1.807, 2.05) is 0 Å². The summed E-state index contributed by atoms with van der Waals surface area (Å²) in [5.41, 5.74) is 4.01. The number of hydrogen-bond donors (Lipinski definition) is 2. The number of benzene rings is 1. The van der Waals surface area contributed by atoms with Crippen LogP contribution >= 0.6 is 0 Å². The van der Waals surface area contributed by atoms with Gasteiger partial charge in [-0.05, 0) is 43.0 Å². The van der Waals surface area contributed by atoms with Crippen LogP contribution in [0.15, 0.2) is 18.3 Å². The van der Waals surface area contributed by atoms with E-state index in [-0.39, 0.29) is 2.85 Å². The molecule has 0 saturated carbocycles. The van der Waals surface area contributed by atoms with Crippen LogP contribution in [0, 0.1) is 0 Å². The van der Waals surface area contributed by atoms with Crippen molar-refractivity contribution in [2.24, 2.45) is 0 Å². The highest BCUT2D eigenvalue weighted by atomic mass is 16.5. The molecule has 0 aliphatic carbocycles. The molecule has 3 nitrogen and oxygen atoms in total. The first-order valence-corrected chi connectivity index (χ1v) is 7.22. The molecule has 1 aliphatic rings. The summed E-state index contributed by atoms with van der Waals surface area (Å²) in [6.45, 7) is 3.32. The van der Waals surface area contributed by atoms with E-state index in [4.69, 9.17) is 4.74 Å². The zero-order valence-electron chi connectivity index (χ0n) is 11.8. The predicted octanol–water partition coefficient (Wildman–Crippen LogP) is 3.53. The molecular formula is C16H26N2O. The van der Waals surface area contributed by atoms with Crippen molar-refractivity contribution in [3.8, 4) is 5.75 Å². The quantitative estimate of drug-likeness (QED) is 0.888. The van der Waals surface area contributed by atoms with Gasteiger partial charge >= 0.3 is 0 Å². The SMILES string of the molecule is CCCC1Cc2ccc(OC)c3[nH]cc(c23)CCN1.[HH].[HH]. The first-order chi connectivity index (χ1) is 9.33.